The second-order valence-electron chi connectivity index (χ2n) is 10.5. The predicted octanol–water partition coefficient (Wildman–Crippen LogP) is 6.72. The Hall–Kier alpha value is -3.59. The minimum atomic E-state index is -0.326. The van der Waals surface area contributed by atoms with Crippen LogP contribution in [0.5, 0.6) is 5.75 Å². The number of Topliss-reactive ketones (excluding diaryl/α,β-unsaturated/α-hetero) is 1. The Labute approximate surface area is 239 Å². The van der Waals surface area contributed by atoms with Crippen molar-refractivity contribution in [2.24, 2.45) is 5.92 Å². The summed E-state index contributed by atoms with van der Waals surface area (Å²) >= 11 is 0. The molecular formula is C33H43N2O5+. The summed E-state index contributed by atoms with van der Waals surface area (Å²) in [5, 5.41) is 0. The van der Waals surface area contributed by atoms with Crippen molar-refractivity contribution in [1.82, 2.24) is 4.90 Å². The summed E-state index contributed by atoms with van der Waals surface area (Å²) in [6, 6.07) is 7.12. The van der Waals surface area contributed by atoms with E-state index in [1.54, 1.807) is 24.3 Å². The van der Waals surface area contributed by atoms with Crippen LogP contribution in [0.4, 0.5) is 0 Å². The minimum absolute atomic E-state index is 0.0678. The summed E-state index contributed by atoms with van der Waals surface area (Å²) in [5.41, 5.74) is 3.89. The van der Waals surface area contributed by atoms with Gasteiger partial charge >= 0.3 is 5.91 Å². The number of hydrogen-bond donors (Lipinski definition) is 0. The van der Waals surface area contributed by atoms with Gasteiger partial charge in [-0.15, -0.1) is 5.73 Å². The molecule has 1 unspecified atom stereocenters. The number of fused-ring (bicyclic) bond motifs is 1. The van der Waals surface area contributed by atoms with Crippen LogP contribution in [0.3, 0.4) is 0 Å². The van der Waals surface area contributed by atoms with Crippen LogP contribution in [0.1, 0.15) is 75.6 Å². The Bertz CT molecular complexity index is 1130. The average Bonchev–Trinajstić information content (AvgIpc) is 3.46. The van der Waals surface area contributed by atoms with E-state index in [1.807, 2.05) is 26.0 Å². The van der Waals surface area contributed by atoms with Gasteiger partial charge in [-0.2, -0.15) is 0 Å². The number of hydrogen-bond acceptors (Lipinski definition) is 6. The molecule has 2 fully saturated rings. The Kier molecular flexibility index (Phi) is 13.3. The van der Waals surface area contributed by atoms with Crippen LogP contribution in [0, 0.1) is 12.5 Å². The van der Waals surface area contributed by atoms with Crippen molar-refractivity contribution in [2.75, 3.05) is 32.8 Å². The molecule has 1 aliphatic carbocycles. The molecule has 1 aromatic rings. The topological polar surface area (TPSA) is 69.4 Å². The molecule has 1 atom stereocenters. The molecular weight excluding hydrogens is 504 g/mol. The number of ether oxygens (including phenoxy) is 3. The second kappa shape index (κ2) is 17.2. The fourth-order valence-electron chi connectivity index (χ4n) is 4.74. The Morgan fingerprint density at radius 1 is 1.05 bits per heavy atom. The lowest BCUT2D eigenvalue weighted by Gasteiger charge is -2.22. The molecule has 0 aromatic heterocycles. The van der Waals surface area contributed by atoms with Gasteiger partial charge in [0.15, 0.2) is 17.3 Å². The SMILES string of the molecule is C#[N+]C(=O)CCCCC(=O)c1ccc(OC(C)C)cc1.C1=C/C=C2/OCCO/C2=C/C(CCCN2CCCC2)C=1. The summed E-state index contributed by atoms with van der Waals surface area (Å²) in [4.78, 5) is 28.4. The van der Waals surface area contributed by atoms with Gasteiger partial charge in [0, 0.05) is 22.7 Å². The molecule has 7 nitrogen and oxygen atoms in total. The maximum Gasteiger partial charge on any atom is 0.514 e. The van der Waals surface area contributed by atoms with E-state index in [2.05, 4.69) is 27.6 Å². The molecule has 7 heteroatoms. The highest BCUT2D eigenvalue weighted by Crippen LogP contribution is 2.24. The number of benzene rings is 1. The van der Waals surface area contributed by atoms with Crippen molar-refractivity contribution in [3.8, 4) is 12.3 Å². The normalized spacial score (nSPS) is 20.6. The lowest BCUT2D eigenvalue weighted by atomic mass is 10.0. The van der Waals surface area contributed by atoms with Crippen molar-refractivity contribution in [1.29, 1.82) is 0 Å². The van der Waals surface area contributed by atoms with Crippen molar-refractivity contribution >= 4 is 11.7 Å². The van der Waals surface area contributed by atoms with Gasteiger partial charge in [-0.1, -0.05) is 0 Å². The van der Waals surface area contributed by atoms with Crippen molar-refractivity contribution in [3.63, 3.8) is 0 Å². The van der Waals surface area contributed by atoms with E-state index >= 15 is 0 Å². The summed E-state index contributed by atoms with van der Waals surface area (Å²) in [7, 11) is 0. The first-order valence-corrected chi connectivity index (χ1v) is 14.5. The highest BCUT2D eigenvalue weighted by atomic mass is 16.6. The lowest BCUT2D eigenvalue weighted by Crippen LogP contribution is -2.21. The molecule has 0 bridgehead atoms. The van der Waals surface area contributed by atoms with Gasteiger partial charge in [0.2, 0.25) is 0 Å². The van der Waals surface area contributed by atoms with E-state index < -0.39 is 0 Å². The highest BCUT2D eigenvalue weighted by molar-refractivity contribution is 5.96. The number of nitrogens with zero attached hydrogens (tertiary/aromatic N) is 2. The third kappa shape index (κ3) is 11.3. The van der Waals surface area contributed by atoms with Crippen molar-refractivity contribution < 1.29 is 23.8 Å². The van der Waals surface area contributed by atoms with Gasteiger partial charge in [0.05, 0.1) is 12.5 Å². The summed E-state index contributed by atoms with van der Waals surface area (Å²) in [5.74, 6) is 2.64. The van der Waals surface area contributed by atoms with E-state index in [9.17, 15) is 9.59 Å². The largest absolute Gasteiger partial charge is 0.514 e. The van der Waals surface area contributed by atoms with Crippen LogP contribution in [0.25, 0.3) is 4.85 Å². The Morgan fingerprint density at radius 2 is 1.75 bits per heavy atom. The van der Waals surface area contributed by atoms with Gasteiger partial charge in [-0.25, -0.2) is 4.79 Å². The number of unbranched alkanes of at least 4 members (excludes halogenated alkanes) is 1. The van der Waals surface area contributed by atoms with Crippen molar-refractivity contribution in [2.45, 2.75) is 71.3 Å². The number of amides is 1. The van der Waals surface area contributed by atoms with Crippen LogP contribution < -0.4 is 4.74 Å². The van der Waals surface area contributed by atoms with Gasteiger partial charge in [-0.3, -0.25) is 4.79 Å². The standard InChI is InChI=1S/C17H23NO2.C16H20NO3/c1-2-8-16-17(20-13-12-19-16)14-15(6-1)7-5-11-18-9-3-4-10-18;1-12(2)20-14-10-8-13(9-11-14)15(18)6-4-5-7-16(19)17-3/h2,6,8,14-15H,3-5,7,9-13H2;3,8-12H,4-7H2,1-2H3/q;+1/b16-8+,17-14+;. The fraction of sp³-hybridized carbons (Fsp3) is 0.515. The zero-order valence-corrected chi connectivity index (χ0v) is 24.0. The lowest BCUT2D eigenvalue weighted by molar-refractivity contribution is -0.114. The molecule has 0 saturated carbocycles. The predicted molar refractivity (Wildman–Crippen MR) is 157 cm³/mol. The zero-order valence-electron chi connectivity index (χ0n) is 24.0. The fourth-order valence-corrected chi connectivity index (χ4v) is 4.74. The molecule has 0 spiro atoms. The molecule has 40 heavy (non-hydrogen) atoms. The van der Waals surface area contributed by atoms with Crippen LogP contribution in [0.2, 0.25) is 0 Å². The maximum atomic E-state index is 11.9. The zero-order chi connectivity index (χ0) is 28.6. The molecule has 1 amide bonds. The first-order valence-electron chi connectivity index (χ1n) is 14.5. The number of likely N-dealkylation sites (tertiary alicyclic amines) is 1. The van der Waals surface area contributed by atoms with Crippen LogP contribution in [0.15, 0.2) is 65.8 Å². The smallest absolute Gasteiger partial charge is 0.491 e. The average molecular weight is 548 g/mol. The molecule has 0 N–H and O–H groups in total. The third-order valence-electron chi connectivity index (χ3n) is 6.80. The Morgan fingerprint density at radius 3 is 2.45 bits per heavy atom. The number of allylic oxidation sites excluding steroid dienone is 3. The van der Waals surface area contributed by atoms with E-state index in [-0.39, 0.29) is 17.8 Å². The summed E-state index contributed by atoms with van der Waals surface area (Å²) < 4.78 is 16.9. The van der Waals surface area contributed by atoms with Gasteiger partial charge in [-0.05, 0) is 121 Å². The van der Waals surface area contributed by atoms with Gasteiger partial charge < -0.3 is 19.1 Å². The van der Waals surface area contributed by atoms with Crippen LogP contribution >= 0.6 is 0 Å². The number of ketones is 1. The number of carbonyl (C=O) groups excluding carboxylic acids is 2. The van der Waals surface area contributed by atoms with E-state index in [4.69, 9.17) is 20.8 Å². The molecule has 4 rings (SSSR count). The molecule has 2 saturated heterocycles. The first kappa shape index (κ1) is 30.9. The summed E-state index contributed by atoms with van der Waals surface area (Å²) in [6.45, 7) is 13.8. The second-order valence-corrected chi connectivity index (χ2v) is 10.5. The van der Waals surface area contributed by atoms with Gasteiger partial charge in [0.1, 0.15) is 19.0 Å². The third-order valence-corrected chi connectivity index (χ3v) is 6.80. The monoisotopic (exact) mass is 547 g/mol. The molecule has 2 heterocycles. The van der Waals surface area contributed by atoms with Crippen LogP contribution in [-0.2, 0) is 14.3 Å². The minimum Gasteiger partial charge on any atom is -0.491 e. The Balaban J connectivity index is 0.000000220. The quantitative estimate of drug-likeness (QED) is 0.164. The van der Waals surface area contributed by atoms with E-state index in [1.165, 1.54) is 38.9 Å². The molecule has 0 radical (unpaired) electrons. The van der Waals surface area contributed by atoms with Crippen molar-refractivity contribution in [3.05, 3.63) is 76.2 Å². The van der Waals surface area contributed by atoms with Crippen LogP contribution in [-0.4, -0.2) is 55.5 Å². The summed E-state index contributed by atoms with van der Waals surface area (Å²) in [6.07, 6.45) is 15.4. The molecule has 214 valence electrons. The highest BCUT2D eigenvalue weighted by Gasteiger charge is 2.17. The molecule has 2 aliphatic heterocycles. The van der Waals surface area contributed by atoms with E-state index in [0.717, 1.165) is 23.7 Å². The molecule has 3 aliphatic rings. The first-order chi connectivity index (χ1) is 19.4. The number of carbonyl (C=O) groups is 2. The maximum absolute atomic E-state index is 11.9. The number of rotatable bonds is 12. The van der Waals surface area contributed by atoms with Gasteiger partial charge in [0.25, 0.3) is 6.57 Å². The van der Waals surface area contributed by atoms with E-state index in [0.29, 0.717) is 50.4 Å². The molecule has 1 aromatic carbocycles.